The Morgan fingerprint density at radius 3 is 2.86 bits per heavy atom. The van der Waals surface area contributed by atoms with Crippen LogP contribution in [0, 0.1) is 0 Å². The molecule has 0 fully saturated rings. The van der Waals surface area contributed by atoms with Crippen LogP contribution in [0.3, 0.4) is 0 Å². The van der Waals surface area contributed by atoms with Crippen molar-refractivity contribution in [3.8, 4) is 0 Å². The largest absolute Gasteiger partial charge is 0.399 e. The predicted octanol–water partition coefficient (Wildman–Crippen LogP) is 0.347. The number of hydrogen-bond donors (Lipinski definition) is 3. The maximum absolute atomic E-state index is 11.5. The molecule has 0 aliphatic carbocycles. The van der Waals surface area contributed by atoms with E-state index in [0.29, 0.717) is 24.3 Å². The summed E-state index contributed by atoms with van der Waals surface area (Å²) in [5.74, 6) is -0.106. The third kappa shape index (κ3) is 3.06. The standard InChI is InChI=1S/C10H15N3O/c11-5-2-6-13-10(14)8-3-1-4-9(12)7-8/h1,3-4,7H,2,5-6,11-12H2,(H,13,14). The van der Waals surface area contributed by atoms with Gasteiger partial charge in [-0.1, -0.05) is 6.07 Å². The zero-order valence-electron chi connectivity index (χ0n) is 7.99. The lowest BCUT2D eigenvalue weighted by Crippen LogP contribution is -2.25. The fourth-order valence-electron chi connectivity index (χ4n) is 1.09. The Labute approximate surface area is 83.3 Å². The van der Waals surface area contributed by atoms with Crippen molar-refractivity contribution in [1.29, 1.82) is 0 Å². The minimum atomic E-state index is -0.106. The fourth-order valence-corrected chi connectivity index (χ4v) is 1.09. The van der Waals surface area contributed by atoms with E-state index in [4.69, 9.17) is 11.5 Å². The quantitative estimate of drug-likeness (QED) is 0.476. The average Bonchev–Trinajstić information content (AvgIpc) is 2.18. The molecule has 1 aromatic carbocycles. The molecule has 1 amide bonds. The Kier molecular flexibility index (Phi) is 3.94. The number of rotatable bonds is 4. The normalized spacial score (nSPS) is 9.79. The minimum Gasteiger partial charge on any atom is -0.399 e. The van der Waals surface area contributed by atoms with E-state index in [2.05, 4.69) is 5.32 Å². The summed E-state index contributed by atoms with van der Waals surface area (Å²) >= 11 is 0. The van der Waals surface area contributed by atoms with Gasteiger partial charge in [-0.2, -0.15) is 0 Å². The smallest absolute Gasteiger partial charge is 0.251 e. The highest BCUT2D eigenvalue weighted by Gasteiger charge is 2.03. The van der Waals surface area contributed by atoms with Crippen LogP contribution in [0.25, 0.3) is 0 Å². The van der Waals surface area contributed by atoms with Gasteiger partial charge in [0.15, 0.2) is 0 Å². The number of hydrogen-bond acceptors (Lipinski definition) is 3. The Morgan fingerprint density at radius 1 is 1.43 bits per heavy atom. The number of anilines is 1. The minimum absolute atomic E-state index is 0.106. The Bertz CT molecular complexity index is 312. The molecule has 4 heteroatoms. The van der Waals surface area contributed by atoms with E-state index in [9.17, 15) is 4.79 Å². The van der Waals surface area contributed by atoms with Gasteiger partial charge in [0, 0.05) is 17.8 Å². The summed E-state index contributed by atoms with van der Waals surface area (Å²) < 4.78 is 0. The van der Waals surface area contributed by atoms with Crippen LogP contribution in [0.4, 0.5) is 5.69 Å². The maximum atomic E-state index is 11.5. The van der Waals surface area contributed by atoms with E-state index in [1.165, 1.54) is 0 Å². The van der Waals surface area contributed by atoms with Crippen LogP contribution in [0.15, 0.2) is 24.3 Å². The van der Waals surface area contributed by atoms with E-state index in [1.807, 2.05) is 0 Å². The summed E-state index contributed by atoms with van der Waals surface area (Å²) in [7, 11) is 0. The van der Waals surface area contributed by atoms with Crippen molar-refractivity contribution in [3.05, 3.63) is 29.8 Å². The first-order chi connectivity index (χ1) is 6.74. The van der Waals surface area contributed by atoms with Gasteiger partial charge in [-0.05, 0) is 31.2 Å². The summed E-state index contributed by atoms with van der Waals surface area (Å²) in [5.41, 5.74) is 12.0. The van der Waals surface area contributed by atoms with Crippen LogP contribution in [0.1, 0.15) is 16.8 Å². The molecule has 5 N–H and O–H groups in total. The van der Waals surface area contributed by atoms with Gasteiger partial charge in [-0.3, -0.25) is 4.79 Å². The molecule has 0 unspecified atom stereocenters. The summed E-state index contributed by atoms with van der Waals surface area (Å²) in [5, 5.41) is 2.75. The zero-order chi connectivity index (χ0) is 10.4. The molecule has 0 aliphatic heterocycles. The lowest BCUT2D eigenvalue weighted by molar-refractivity contribution is 0.0953. The average molecular weight is 193 g/mol. The van der Waals surface area contributed by atoms with Crippen molar-refractivity contribution in [2.24, 2.45) is 5.73 Å². The molecule has 0 atom stereocenters. The van der Waals surface area contributed by atoms with E-state index in [1.54, 1.807) is 24.3 Å². The SMILES string of the molecule is NCCCNC(=O)c1cccc(N)c1. The summed E-state index contributed by atoms with van der Waals surface area (Å²) in [6.45, 7) is 1.18. The molecule has 0 radical (unpaired) electrons. The van der Waals surface area contributed by atoms with Crippen LogP contribution in [0.2, 0.25) is 0 Å². The highest BCUT2D eigenvalue weighted by atomic mass is 16.1. The van der Waals surface area contributed by atoms with Crippen LogP contribution >= 0.6 is 0 Å². The van der Waals surface area contributed by atoms with E-state index in [-0.39, 0.29) is 5.91 Å². The molecule has 1 aromatic rings. The number of carbonyl (C=O) groups excluding carboxylic acids is 1. The summed E-state index contributed by atoms with van der Waals surface area (Å²) in [6, 6.07) is 6.88. The molecule has 1 rings (SSSR count). The van der Waals surface area contributed by atoms with Crippen LogP contribution in [-0.4, -0.2) is 19.0 Å². The van der Waals surface area contributed by atoms with E-state index >= 15 is 0 Å². The van der Waals surface area contributed by atoms with Crippen LogP contribution in [-0.2, 0) is 0 Å². The van der Waals surface area contributed by atoms with Gasteiger partial charge in [0.25, 0.3) is 5.91 Å². The molecule has 4 nitrogen and oxygen atoms in total. The highest BCUT2D eigenvalue weighted by Crippen LogP contribution is 2.05. The fraction of sp³-hybridized carbons (Fsp3) is 0.300. The second kappa shape index (κ2) is 5.24. The monoisotopic (exact) mass is 193 g/mol. The van der Waals surface area contributed by atoms with Crippen LogP contribution in [0.5, 0.6) is 0 Å². The number of amides is 1. The summed E-state index contributed by atoms with van der Waals surface area (Å²) in [4.78, 5) is 11.5. The van der Waals surface area contributed by atoms with Gasteiger partial charge >= 0.3 is 0 Å². The van der Waals surface area contributed by atoms with Gasteiger partial charge in [0.1, 0.15) is 0 Å². The molecular formula is C10H15N3O. The second-order valence-corrected chi connectivity index (χ2v) is 3.02. The Balaban J connectivity index is 2.52. The topological polar surface area (TPSA) is 81.1 Å². The molecule has 0 aliphatic rings. The Hall–Kier alpha value is -1.55. The lowest BCUT2D eigenvalue weighted by atomic mass is 10.2. The maximum Gasteiger partial charge on any atom is 0.251 e. The lowest BCUT2D eigenvalue weighted by Gasteiger charge is -2.04. The molecule has 0 spiro atoms. The Morgan fingerprint density at radius 2 is 2.21 bits per heavy atom. The molecule has 14 heavy (non-hydrogen) atoms. The third-order valence-corrected chi connectivity index (χ3v) is 1.82. The molecule has 0 saturated heterocycles. The van der Waals surface area contributed by atoms with Gasteiger partial charge in [-0.25, -0.2) is 0 Å². The number of nitrogen functional groups attached to an aromatic ring is 1. The van der Waals surface area contributed by atoms with Gasteiger partial charge in [0.05, 0.1) is 0 Å². The van der Waals surface area contributed by atoms with Crippen molar-refractivity contribution >= 4 is 11.6 Å². The molecule has 0 saturated carbocycles. The van der Waals surface area contributed by atoms with Crippen molar-refractivity contribution < 1.29 is 4.79 Å². The first-order valence-electron chi connectivity index (χ1n) is 4.58. The highest BCUT2D eigenvalue weighted by molar-refractivity contribution is 5.94. The number of nitrogens with one attached hydrogen (secondary N) is 1. The van der Waals surface area contributed by atoms with Gasteiger partial charge < -0.3 is 16.8 Å². The first kappa shape index (κ1) is 10.5. The number of nitrogens with two attached hydrogens (primary N) is 2. The third-order valence-electron chi connectivity index (χ3n) is 1.82. The predicted molar refractivity (Wildman–Crippen MR) is 56.9 cm³/mol. The zero-order valence-corrected chi connectivity index (χ0v) is 7.99. The van der Waals surface area contributed by atoms with E-state index in [0.717, 1.165) is 6.42 Å². The molecule has 0 heterocycles. The summed E-state index contributed by atoms with van der Waals surface area (Å²) in [6.07, 6.45) is 0.786. The number of carbonyl (C=O) groups is 1. The molecule has 76 valence electrons. The van der Waals surface area contributed by atoms with Crippen molar-refractivity contribution in [2.75, 3.05) is 18.8 Å². The number of benzene rings is 1. The van der Waals surface area contributed by atoms with Gasteiger partial charge in [-0.15, -0.1) is 0 Å². The molecule has 0 bridgehead atoms. The van der Waals surface area contributed by atoms with Crippen molar-refractivity contribution in [3.63, 3.8) is 0 Å². The van der Waals surface area contributed by atoms with Crippen molar-refractivity contribution in [1.82, 2.24) is 5.32 Å². The molecule has 0 aromatic heterocycles. The van der Waals surface area contributed by atoms with E-state index < -0.39 is 0 Å². The molecular weight excluding hydrogens is 178 g/mol. The van der Waals surface area contributed by atoms with Crippen molar-refractivity contribution in [2.45, 2.75) is 6.42 Å². The second-order valence-electron chi connectivity index (χ2n) is 3.02. The first-order valence-corrected chi connectivity index (χ1v) is 4.58. The van der Waals surface area contributed by atoms with Gasteiger partial charge in [0.2, 0.25) is 0 Å². The van der Waals surface area contributed by atoms with Crippen LogP contribution < -0.4 is 16.8 Å².